The Morgan fingerprint density at radius 2 is 2.10 bits per heavy atom. The maximum Gasteiger partial charge on any atom is 0.295 e. The van der Waals surface area contributed by atoms with E-state index in [2.05, 4.69) is 5.32 Å². The Labute approximate surface area is 119 Å². The molecule has 0 bridgehead atoms. The molecule has 0 aliphatic heterocycles. The van der Waals surface area contributed by atoms with Crippen LogP contribution < -0.4 is 11.1 Å². The second-order valence-electron chi connectivity index (χ2n) is 5.61. The first-order chi connectivity index (χ1) is 9.63. The highest BCUT2D eigenvalue weighted by molar-refractivity contribution is 5.65. The van der Waals surface area contributed by atoms with E-state index in [-0.39, 0.29) is 16.7 Å². The highest BCUT2D eigenvalue weighted by Gasteiger charge is 2.25. The van der Waals surface area contributed by atoms with Gasteiger partial charge in [0.25, 0.3) is 5.69 Å². The molecule has 1 aliphatic carbocycles. The molecular formula is C15H23N3O2. The third kappa shape index (κ3) is 3.28. The average molecular weight is 277 g/mol. The van der Waals surface area contributed by atoms with Crippen LogP contribution in [0.15, 0.2) is 18.2 Å². The molecule has 1 aromatic rings. The Morgan fingerprint density at radius 3 is 2.70 bits per heavy atom. The summed E-state index contributed by atoms with van der Waals surface area (Å²) in [7, 11) is 0. The minimum absolute atomic E-state index is 0.121. The number of para-hydroxylation sites is 1. The molecule has 1 saturated carbocycles. The number of nitrogens with one attached hydrogen (secondary N) is 1. The first kappa shape index (κ1) is 14.8. The van der Waals surface area contributed by atoms with Crippen LogP contribution >= 0.6 is 0 Å². The van der Waals surface area contributed by atoms with Crippen LogP contribution in [-0.4, -0.2) is 17.5 Å². The highest BCUT2D eigenvalue weighted by Crippen LogP contribution is 2.32. The van der Waals surface area contributed by atoms with Gasteiger partial charge in [-0.15, -0.1) is 0 Å². The van der Waals surface area contributed by atoms with Gasteiger partial charge in [-0.05, 0) is 31.7 Å². The maximum atomic E-state index is 11.2. The Hall–Kier alpha value is -1.62. The van der Waals surface area contributed by atoms with Crippen LogP contribution in [0.4, 0.5) is 11.4 Å². The standard InChI is InChI=1S/C15H23N3O2/c1-11-6-5-9-13(15(11)18(19)20)17-14(10-16)12-7-3-2-4-8-12/h5-6,9,12,14,17H,2-4,7-8,10,16H2,1H3. The molecular weight excluding hydrogens is 254 g/mol. The van der Waals surface area contributed by atoms with Crippen molar-refractivity contribution in [3.8, 4) is 0 Å². The van der Waals surface area contributed by atoms with Gasteiger partial charge in [-0.1, -0.05) is 31.4 Å². The smallest absolute Gasteiger partial charge is 0.295 e. The second-order valence-corrected chi connectivity index (χ2v) is 5.61. The number of nitrogens with zero attached hydrogens (tertiary/aromatic N) is 1. The number of aryl methyl sites for hydroxylation is 1. The molecule has 110 valence electrons. The third-order valence-corrected chi connectivity index (χ3v) is 4.23. The molecule has 0 radical (unpaired) electrons. The lowest BCUT2D eigenvalue weighted by Gasteiger charge is -2.30. The number of nitrogens with two attached hydrogens (primary N) is 1. The van der Waals surface area contributed by atoms with Crippen LogP contribution in [0.25, 0.3) is 0 Å². The Balaban J connectivity index is 2.18. The van der Waals surface area contributed by atoms with Crippen LogP contribution in [0.5, 0.6) is 0 Å². The van der Waals surface area contributed by atoms with Crippen molar-refractivity contribution in [2.24, 2.45) is 11.7 Å². The zero-order valence-corrected chi connectivity index (χ0v) is 12.0. The SMILES string of the molecule is Cc1cccc(NC(CN)C2CCCCC2)c1[N+](=O)[O-]. The summed E-state index contributed by atoms with van der Waals surface area (Å²) in [5.41, 5.74) is 7.33. The van der Waals surface area contributed by atoms with Crippen molar-refractivity contribution in [3.05, 3.63) is 33.9 Å². The fourth-order valence-corrected chi connectivity index (χ4v) is 3.12. The third-order valence-electron chi connectivity index (χ3n) is 4.23. The number of hydrogen-bond acceptors (Lipinski definition) is 4. The first-order valence-corrected chi connectivity index (χ1v) is 7.34. The summed E-state index contributed by atoms with van der Waals surface area (Å²) >= 11 is 0. The number of benzene rings is 1. The predicted molar refractivity (Wildman–Crippen MR) is 80.9 cm³/mol. The molecule has 1 fully saturated rings. The van der Waals surface area contributed by atoms with Gasteiger partial charge in [0.1, 0.15) is 5.69 Å². The minimum Gasteiger partial charge on any atom is -0.375 e. The molecule has 2 rings (SSSR count). The molecule has 1 atom stereocenters. The normalized spacial score (nSPS) is 17.7. The summed E-state index contributed by atoms with van der Waals surface area (Å²) in [4.78, 5) is 10.9. The minimum atomic E-state index is -0.313. The van der Waals surface area contributed by atoms with Crippen molar-refractivity contribution in [2.45, 2.75) is 45.1 Å². The summed E-state index contributed by atoms with van der Waals surface area (Å²) in [6.07, 6.45) is 6.08. The average Bonchev–Trinajstić information content (AvgIpc) is 2.45. The van der Waals surface area contributed by atoms with Crippen molar-refractivity contribution in [3.63, 3.8) is 0 Å². The molecule has 5 nitrogen and oxygen atoms in total. The molecule has 0 spiro atoms. The number of nitro benzene ring substituents is 1. The van der Waals surface area contributed by atoms with E-state index in [0.717, 1.165) is 12.8 Å². The van der Waals surface area contributed by atoms with Crippen molar-refractivity contribution >= 4 is 11.4 Å². The predicted octanol–water partition coefficient (Wildman–Crippen LogP) is 3.22. The summed E-state index contributed by atoms with van der Waals surface area (Å²) < 4.78 is 0. The molecule has 0 heterocycles. The summed E-state index contributed by atoms with van der Waals surface area (Å²) in [6.45, 7) is 2.27. The molecule has 1 unspecified atom stereocenters. The first-order valence-electron chi connectivity index (χ1n) is 7.34. The zero-order valence-electron chi connectivity index (χ0n) is 12.0. The quantitative estimate of drug-likeness (QED) is 0.639. The van der Waals surface area contributed by atoms with Crippen LogP contribution in [0, 0.1) is 23.0 Å². The molecule has 0 aromatic heterocycles. The Morgan fingerprint density at radius 1 is 1.40 bits per heavy atom. The maximum absolute atomic E-state index is 11.2. The van der Waals surface area contributed by atoms with Gasteiger partial charge in [0.05, 0.1) is 4.92 Å². The topological polar surface area (TPSA) is 81.2 Å². The van der Waals surface area contributed by atoms with Gasteiger partial charge in [0.15, 0.2) is 0 Å². The fourth-order valence-electron chi connectivity index (χ4n) is 3.12. The van der Waals surface area contributed by atoms with Crippen LogP contribution in [-0.2, 0) is 0 Å². The molecule has 0 saturated heterocycles. The van der Waals surface area contributed by atoms with Crippen molar-refractivity contribution < 1.29 is 4.92 Å². The highest BCUT2D eigenvalue weighted by atomic mass is 16.6. The molecule has 0 amide bonds. The number of hydrogen-bond donors (Lipinski definition) is 2. The van der Waals surface area contributed by atoms with Crippen molar-refractivity contribution in [1.29, 1.82) is 0 Å². The van der Waals surface area contributed by atoms with E-state index in [1.807, 2.05) is 6.07 Å². The monoisotopic (exact) mass is 277 g/mol. The van der Waals surface area contributed by atoms with Gasteiger partial charge in [-0.25, -0.2) is 0 Å². The fraction of sp³-hybridized carbons (Fsp3) is 0.600. The van der Waals surface area contributed by atoms with Gasteiger partial charge in [0, 0.05) is 18.2 Å². The van der Waals surface area contributed by atoms with E-state index in [9.17, 15) is 10.1 Å². The summed E-state index contributed by atoms with van der Waals surface area (Å²) in [6, 6.07) is 5.51. The summed E-state index contributed by atoms with van der Waals surface area (Å²) in [5.74, 6) is 0.522. The molecule has 3 N–H and O–H groups in total. The second kappa shape index (κ2) is 6.70. The number of anilines is 1. The Bertz CT molecular complexity index is 470. The lowest BCUT2D eigenvalue weighted by Crippen LogP contribution is -2.37. The van der Waals surface area contributed by atoms with Gasteiger partial charge in [-0.2, -0.15) is 0 Å². The lowest BCUT2D eigenvalue weighted by molar-refractivity contribution is -0.384. The van der Waals surface area contributed by atoms with Crippen LogP contribution in [0.3, 0.4) is 0 Å². The molecule has 20 heavy (non-hydrogen) atoms. The van der Waals surface area contributed by atoms with Crippen LogP contribution in [0.2, 0.25) is 0 Å². The van der Waals surface area contributed by atoms with E-state index in [0.29, 0.717) is 23.7 Å². The molecule has 5 heteroatoms. The van der Waals surface area contributed by atoms with Gasteiger partial charge in [0.2, 0.25) is 0 Å². The zero-order chi connectivity index (χ0) is 14.5. The van der Waals surface area contributed by atoms with Gasteiger partial charge >= 0.3 is 0 Å². The lowest BCUT2D eigenvalue weighted by atomic mass is 9.83. The van der Waals surface area contributed by atoms with E-state index < -0.39 is 0 Å². The van der Waals surface area contributed by atoms with Crippen molar-refractivity contribution in [1.82, 2.24) is 0 Å². The number of rotatable bonds is 5. The van der Waals surface area contributed by atoms with E-state index in [1.165, 1.54) is 19.3 Å². The largest absolute Gasteiger partial charge is 0.375 e. The molecule has 1 aliphatic rings. The van der Waals surface area contributed by atoms with Gasteiger partial charge < -0.3 is 11.1 Å². The van der Waals surface area contributed by atoms with E-state index >= 15 is 0 Å². The molecule has 1 aromatic carbocycles. The van der Waals surface area contributed by atoms with E-state index in [4.69, 9.17) is 5.73 Å². The van der Waals surface area contributed by atoms with E-state index in [1.54, 1.807) is 19.1 Å². The Kier molecular flexibility index (Phi) is 4.95. The number of nitro groups is 1. The van der Waals surface area contributed by atoms with Crippen molar-refractivity contribution in [2.75, 3.05) is 11.9 Å². The van der Waals surface area contributed by atoms with Crippen LogP contribution in [0.1, 0.15) is 37.7 Å². The summed E-state index contributed by atoms with van der Waals surface area (Å²) in [5, 5.41) is 14.5. The van der Waals surface area contributed by atoms with Gasteiger partial charge in [-0.3, -0.25) is 10.1 Å².